The minimum atomic E-state index is 0.532. The van der Waals surface area contributed by atoms with Crippen LogP contribution in [0, 0.1) is 0 Å². The van der Waals surface area contributed by atoms with Crippen molar-refractivity contribution in [1.82, 2.24) is 9.97 Å². The highest BCUT2D eigenvalue weighted by atomic mass is 35.5. The van der Waals surface area contributed by atoms with Gasteiger partial charge in [-0.25, -0.2) is 9.97 Å². The second-order valence-electron chi connectivity index (χ2n) is 3.88. The maximum absolute atomic E-state index is 6.03. The molecule has 0 aliphatic rings. The van der Waals surface area contributed by atoms with Crippen molar-refractivity contribution in [2.24, 2.45) is 0 Å². The highest BCUT2D eigenvalue weighted by molar-refractivity contribution is 7.15. The third-order valence-corrected chi connectivity index (χ3v) is 3.90. The summed E-state index contributed by atoms with van der Waals surface area (Å²) in [6.45, 7) is 4.28. The quantitative estimate of drug-likeness (QED) is 0.768. The number of aryl methyl sites for hydroxylation is 2. The molecule has 0 saturated heterocycles. The average Bonchev–Trinajstić information content (AvgIpc) is 2.77. The van der Waals surface area contributed by atoms with Crippen LogP contribution in [0.4, 0.5) is 0 Å². The zero-order valence-electron chi connectivity index (χ0n) is 10.0. The largest absolute Gasteiger partial charge is 0.232 e. The van der Waals surface area contributed by atoms with E-state index in [1.807, 2.05) is 6.07 Å². The molecule has 0 spiro atoms. The van der Waals surface area contributed by atoms with Gasteiger partial charge in [0.25, 0.3) is 0 Å². The van der Waals surface area contributed by atoms with Gasteiger partial charge in [-0.15, -0.1) is 11.3 Å². The lowest BCUT2D eigenvalue weighted by Crippen LogP contribution is -1.94. The summed E-state index contributed by atoms with van der Waals surface area (Å²) in [5.74, 6) is 0.755. The normalized spacial score (nSPS) is 10.8. The van der Waals surface area contributed by atoms with Gasteiger partial charge in [-0.3, -0.25) is 0 Å². The molecule has 0 saturated carbocycles. The Hall–Kier alpha value is -0.930. The average molecular weight is 267 g/mol. The number of hydrogen-bond donors (Lipinski definition) is 0. The van der Waals surface area contributed by atoms with E-state index in [1.165, 1.54) is 4.88 Å². The maximum Gasteiger partial charge on any atom is 0.171 e. The molecule has 0 aliphatic heterocycles. The van der Waals surface area contributed by atoms with Crippen LogP contribution in [-0.2, 0) is 12.8 Å². The number of rotatable bonds is 4. The fourth-order valence-electron chi connectivity index (χ4n) is 1.65. The first-order valence-electron chi connectivity index (χ1n) is 5.85. The first-order chi connectivity index (χ1) is 8.22. The third-order valence-electron chi connectivity index (χ3n) is 2.48. The monoisotopic (exact) mass is 266 g/mol. The van der Waals surface area contributed by atoms with Gasteiger partial charge in [0.2, 0.25) is 0 Å². The van der Waals surface area contributed by atoms with Crippen LogP contribution in [0.1, 0.15) is 30.8 Å². The maximum atomic E-state index is 6.03. The molecule has 0 aromatic carbocycles. The van der Waals surface area contributed by atoms with E-state index in [2.05, 4.69) is 35.9 Å². The highest BCUT2D eigenvalue weighted by Crippen LogP contribution is 2.27. The van der Waals surface area contributed by atoms with Crippen molar-refractivity contribution in [3.8, 4) is 10.7 Å². The van der Waals surface area contributed by atoms with Gasteiger partial charge in [0.15, 0.2) is 5.82 Å². The Kier molecular flexibility index (Phi) is 4.13. The molecule has 2 rings (SSSR count). The molecule has 0 aliphatic carbocycles. The van der Waals surface area contributed by atoms with Gasteiger partial charge < -0.3 is 0 Å². The van der Waals surface area contributed by atoms with Crippen molar-refractivity contribution >= 4 is 22.9 Å². The third kappa shape index (κ3) is 3.05. The smallest absolute Gasteiger partial charge is 0.171 e. The SMILES string of the molecule is CCCc1cc(Cl)nc(-c2ccc(CC)s2)n1. The van der Waals surface area contributed by atoms with E-state index in [0.717, 1.165) is 35.7 Å². The molecule has 0 radical (unpaired) electrons. The van der Waals surface area contributed by atoms with Crippen LogP contribution in [0.15, 0.2) is 18.2 Å². The highest BCUT2D eigenvalue weighted by Gasteiger charge is 2.08. The predicted octanol–water partition coefficient (Wildman–Crippen LogP) is 4.37. The molecule has 2 heterocycles. The van der Waals surface area contributed by atoms with Crippen molar-refractivity contribution in [2.75, 3.05) is 0 Å². The lowest BCUT2D eigenvalue weighted by molar-refractivity contribution is 0.876. The van der Waals surface area contributed by atoms with Crippen LogP contribution in [0.5, 0.6) is 0 Å². The molecule has 0 fully saturated rings. The molecule has 4 heteroatoms. The van der Waals surface area contributed by atoms with E-state index >= 15 is 0 Å². The van der Waals surface area contributed by atoms with Crippen molar-refractivity contribution in [3.05, 3.63) is 33.9 Å². The fraction of sp³-hybridized carbons (Fsp3) is 0.385. The van der Waals surface area contributed by atoms with E-state index in [1.54, 1.807) is 11.3 Å². The van der Waals surface area contributed by atoms with Crippen molar-refractivity contribution < 1.29 is 0 Å². The standard InChI is InChI=1S/C13H15ClN2S/c1-3-5-9-8-12(14)16-13(15-9)11-7-6-10(4-2)17-11/h6-8H,3-5H2,1-2H3. The van der Waals surface area contributed by atoms with Crippen LogP contribution in [-0.4, -0.2) is 9.97 Å². The summed E-state index contributed by atoms with van der Waals surface area (Å²) >= 11 is 7.77. The Balaban J connectivity index is 2.37. The number of aromatic nitrogens is 2. The second-order valence-corrected chi connectivity index (χ2v) is 5.43. The number of thiophene rings is 1. The summed E-state index contributed by atoms with van der Waals surface area (Å²) in [6.07, 6.45) is 3.06. The molecule has 0 atom stereocenters. The molecular formula is C13H15ClN2S. The molecule has 0 unspecified atom stereocenters. The van der Waals surface area contributed by atoms with E-state index in [-0.39, 0.29) is 0 Å². The van der Waals surface area contributed by atoms with Crippen molar-refractivity contribution in [2.45, 2.75) is 33.1 Å². The summed E-state index contributed by atoms with van der Waals surface area (Å²) in [5.41, 5.74) is 1.02. The van der Waals surface area contributed by atoms with Crippen LogP contribution in [0.2, 0.25) is 5.15 Å². The van der Waals surface area contributed by atoms with Gasteiger partial charge in [-0.1, -0.05) is 31.9 Å². The van der Waals surface area contributed by atoms with Crippen LogP contribution >= 0.6 is 22.9 Å². The lowest BCUT2D eigenvalue weighted by atomic mass is 10.2. The number of nitrogens with zero attached hydrogens (tertiary/aromatic N) is 2. The van der Waals surface area contributed by atoms with Gasteiger partial charge in [-0.05, 0) is 31.0 Å². The molecule has 0 bridgehead atoms. The van der Waals surface area contributed by atoms with E-state index in [4.69, 9.17) is 11.6 Å². The molecule has 2 nitrogen and oxygen atoms in total. The van der Waals surface area contributed by atoms with Gasteiger partial charge in [0.05, 0.1) is 4.88 Å². The minimum Gasteiger partial charge on any atom is -0.232 e. The van der Waals surface area contributed by atoms with E-state index in [9.17, 15) is 0 Å². The lowest BCUT2D eigenvalue weighted by Gasteiger charge is -2.02. The van der Waals surface area contributed by atoms with E-state index in [0.29, 0.717) is 5.15 Å². The van der Waals surface area contributed by atoms with Crippen LogP contribution in [0.3, 0.4) is 0 Å². The second kappa shape index (κ2) is 5.61. The Bertz CT molecular complexity index is 508. The van der Waals surface area contributed by atoms with Crippen LogP contribution < -0.4 is 0 Å². The summed E-state index contributed by atoms with van der Waals surface area (Å²) in [6, 6.07) is 6.05. The Morgan fingerprint density at radius 1 is 1.24 bits per heavy atom. The molecule has 2 aromatic heterocycles. The Morgan fingerprint density at radius 3 is 2.71 bits per heavy atom. The summed E-state index contributed by atoms with van der Waals surface area (Å²) in [7, 11) is 0. The molecule has 0 N–H and O–H groups in total. The molecule has 2 aromatic rings. The Labute approximate surface area is 111 Å². The zero-order valence-corrected chi connectivity index (χ0v) is 11.6. The van der Waals surface area contributed by atoms with Crippen molar-refractivity contribution in [1.29, 1.82) is 0 Å². The first kappa shape index (κ1) is 12.5. The minimum absolute atomic E-state index is 0.532. The fourth-order valence-corrected chi connectivity index (χ4v) is 2.73. The van der Waals surface area contributed by atoms with Gasteiger partial charge in [0, 0.05) is 10.6 Å². The number of halogens is 1. The summed E-state index contributed by atoms with van der Waals surface area (Å²) < 4.78 is 0. The first-order valence-corrected chi connectivity index (χ1v) is 7.05. The molecular weight excluding hydrogens is 252 g/mol. The van der Waals surface area contributed by atoms with Crippen molar-refractivity contribution in [3.63, 3.8) is 0 Å². The molecule has 17 heavy (non-hydrogen) atoms. The topological polar surface area (TPSA) is 25.8 Å². The van der Waals surface area contributed by atoms with Gasteiger partial charge in [-0.2, -0.15) is 0 Å². The van der Waals surface area contributed by atoms with Crippen LogP contribution in [0.25, 0.3) is 10.7 Å². The predicted molar refractivity (Wildman–Crippen MR) is 73.7 cm³/mol. The summed E-state index contributed by atoms with van der Waals surface area (Å²) in [4.78, 5) is 11.3. The molecule has 90 valence electrons. The molecule has 0 amide bonds. The summed E-state index contributed by atoms with van der Waals surface area (Å²) in [5, 5.41) is 0.532. The Morgan fingerprint density at radius 2 is 2.06 bits per heavy atom. The van der Waals surface area contributed by atoms with Gasteiger partial charge in [0.1, 0.15) is 5.15 Å². The zero-order chi connectivity index (χ0) is 12.3. The van der Waals surface area contributed by atoms with Gasteiger partial charge >= 0.3 is 0 Å². The number of hydrogen-bond acceptors (Lipinski definition) is 3. The van der Waals surface area contributed by atoms with E-state index < -0.39 is 0 Å².